The summed E-state index contributed by atoms with van der Waals surface area (Å²) >= 11 is 11.9. The van der Waals surface area contributed by atoms with Crippen LogP contribution >= 0.6 is 23.2 Å². The van der Waals surface area contributed by atoms with Crippen molar-refractivity contribution >= 4 is 40.8 Å². The Hall–Kier alpha value is -1.30. The summed E-state index contributed by atoms with van der Waals surface area (Å²) in [4.78, 5) is 22.7. The van der Waals surface area contributed by atoms with Gasteiger partial charge in [0, 0.05) is 12.5 Å². The Balaban J connectivity index is 2.62. The van der Waals surface area contributed by atoms with E-state index in [1.54, 1.807) is 0 Å². The normalized spacial score (nSPS) is 10.7. The van der Waals surface area contributed by atoms with E-state index in [4.69, 9.17) is 28.3 Å². The molecule has 3 N–H and O–H groups in total. The van der Waals surface area contributed by atoms with Crippen LogP contribution in [0.5, 0.6) is 0 Å². The van der Waals surface area contributed by atoms with Crippen molar-refractivity contribution in [1.82, 2.24) is 5.32 Å². The largest absolute Gasteiger partial charge is 0.478 e. The Labute approximate surface area is 133 Å². The minimum absolute atomic E-state index is 0.0240. The first-order valence-corrected chi connectivity index (χ1v) is 7.32. The molecule has 1 rings (SSSR count). The van der Waals surface area contributed by atoms with Crippen LogP contribution < -0.4 is 10.6 Å². The number of carboxylic acid groups (broad SMARTS) is 1. The molecule has 0 fully saturated rings. The number of anilines is 1. The third kappa shape index (κ3) is 5.91. The molecular weight excluding hydrogens is 315 g/mol. The number of rotatable bonds is 7. The first-order chi connectivity index (χ1) is 9.81. The number of hydrogen-bond acceptors (Lipinski definition) is 3. The number of aromatic carboxylic acids is 1. The van der Waals surface area contributed by atoms with Crippen LogP contribution in [-0.4, -0.2) is 29.6 Å². The van der Waals surface area contributed by atoms with Crippen molar-refractivity contribution in [2.45, 2.75) is 32.7 Å². The van der Waals surface area contributed by atoms with E-state index in [1.807, 2.05) is 13.8 Å². The minimum atomic E-state index is -1.13. The summed E-state index contributed by atoms with van der Waals surface area (Å²) in [6.45, 7) is 4.80. The lowest BCUT2D eigenvalue weighted by Crippen LogP contribution is -2.24. The fourth-order valence-corrected chi connectivity index (χ4v) is 2.24. The van der Waals surface area contributed by atoms with E-state index < -0.39 is 5.97 Å². The summed E-state index contributed by atoms with van der Waals surface area (Å²) in [5.74, 6) is -1.34. The lowest BCUT2D eigenvalue weighted by Gasteiger charge is -2.11. The van der Waals surface area contributed by atoms with Crippen molar-refractivity contribution in [3.05, 3.63) is 27.7 Å². The monoisotopic (exact) mass is 332 g/mol. The van der Waals surface area contributed by atoms with E-state index in [-0.39, 0.29) is 27.2 Å². The molecule has 0 saturated heterocycles. The fourth-order valence-electron chi connectivity index (χ4n) is 1.66. The molecule has 0 spiro atoms. The zero-order chi connectivity index (χ0) is 16.0. The number of carboxylic acids is 1. The number of carbonyl (C=O) groups excluding carboxylic acids is 1. The number of amides is 1. The van der Waals surface area contributed by atoms with E-state index in [0.29, 0.717) is 18.9 Å². The summed E-state index contributed by atoms with van der Waals surface area (Å²) in [6, 6.07) is 2.89. The molecule has 1 aromatic carbocycles. The van der Waals surface area contributed by atoms with Crippen LogP contribution in [0.25, 0.3) is 0 Å². The average molecular weight is 333 g/mol. The highest BCUT2D eigenvalue weighted by molar-refractivity contribution is 6.40. The van der Waals surface area contributed by atoms with Gasteiger partial charge in [-0.1, -0.05) is 37.0 Å². The molecule has 0 aliphatic heterocycles. The van der Waals surface area contributed by atoms with Crippen molar-refractivity contribution in [2.24, 2.45) is 0 Å². The first kappa shape index (κ1) is 17.8. The van der Waals surface area contributed by atoms with Crippen LogP contribution in [0, 0.1) is 0 Å². The topological polar surface area (TPSA) is 78.4 Å². The molecular formula is C14H18Cl2N2O3. The number of carbonyl (C=O) groups is 2. The second-order valence-corrected chi connectivity index (χ2v) is 5.69. The van der Waals surface area contributed by atoms with Crippen LogP contribution in [-0.2, 0) is 4.79 Å². The number of nitrogens with one attached hydrogen (secondary N) is 2. The summed E-state index contributed by atoms with van der Waals surface area (Å²) in [6.07, 6.45) is 1.01. The van der Waals surface area contributed by atoms with Crippen molar-refractivity contribution in [3.8, 4) is 0 Å². The van der Waals surface area contributed by atoms with Gasteiger partial charge in [-0.2, -0.15) is 0 Å². The molecule has 0 radical (unpaired) electrons. The van der Waals surface area contributed by atoms with Crippen molar-refractivity contribution in [3.63, 3.8) is 0 Å². The number of halogens is 2. The Morgan fingerprint density at radius 3 is 2.29 bits per heavy atom. The molecule has 1 aromatic rings. The van der Waals surface area contributed by atoms with Gasteiger partial charge in [-0.25, -0.2) is 4.79 Å². The maximum atomic E-state index is 11.8. The third-order valence-corrected chi connectivity index (χ3v) is 3.28. The fraction of sp³-hybridized carbons (Fsp3) is 0.429. The SMILES string of the molecule is CC(C)NCCCC(=O)Nc1c(Cl)cc(C(=O)O)cc1Cl. The third-order valence-electron chi connectivity index (χ3n) is 2.69. The zero-order valence-corrected chi connectivity index (χ0v) is 13.4. The second-order valence-electron chi connectivity index (χ2n) is 4.88. The molecule has 7 heteroatoms. The highest BCUT2D eigenvalue weighted by Crippen LogP contribution is 2.32. The molecule has 0 atom stereocenters. The van der Waals surface area contributed by atoms with E-state index in [0.717, 1.165) is 6.54 Å². The van der Waals surface area contributed by atoms with Crippen molar-refractivity contribution in [1.29, 1.82) is 0 Å². The van der Waals surface area contributed by atoms with Crippen molar-refractivity contribution in [2.75, 3.05) is 11.9 Å². The molecule has 116 valence electrons. The van der Waals surface area contributed by atoms with Crippen LogP contribution in [0.4, 0.5) is 5.69 Å². The molecule has 1 amide bonds. The molecule has 0 aliphatic rings. The van der Waals surface area contributed by atoms with Crippen molar-refractivity contribution < 1.29 is 14.7 Å². The van der Waals surface area contributed by atoms with Crippen LogP contribution in [0.3, 0.4) is 0 Å². The lowest BCUT2D eigenvalue weighted by molar-refractivity contribution is -0.116. The molecule has 0 aliphatic carbocycles. The molecule has 0 bridgehead atoms. The van der Waals surface area contributed by atoms with Crippen LogP contribution in [0.2, 0.25) is 10.0 Å². The maximum Gasteiger partial charge on any atom is 0.335 e. The Morgan fingerprint density at radius 1 is 1.24 bits per heavy atom. The summed E-state index contributed by atoms with van der Waals surface area (Å²) in [7, 11) is 0. The molecule has 21 heavy (non-hydrogen) atoms. The van der Waals surface area contributed by atoms with Crippen LogP contribution in [0.15, 0.2) is 12.1 Å². The predicted octanol–water partition coefficient (Wildman–Crippen LogP) is 3.41. The van der Waals surface area contributed by atoms with Gasteiger partial charge in [0.15, 0.2) is 0 Å². The second kappa shape index (κ2) is 8.22. The first-order valence-electron chi connectivity index (χ1n) is 6.57. The van der Waals surface area contributed by atoms with Gasteiger partial charge in [0.05, 0.1) is 21.3 Å². The molecule has 0 aromatic heterocycles. The van der Waals surface area contributed by atoms with Gasteiger partial charge in [0.1, 0.15) is 0 Å². The van der Waals surface area contributed by atoms with E-state index in [1.165, 1.54) is 12.1 Å². The summed E-state index contributed by atoms with van der Waals surface area (Å²) in [5.41, 5.74) is 0.217. The van der Waals surface area contributed by atoms with Gasteiger partial charge in [0.25, 0.3) is 0 Å². The molecule has 0 saturated carbocycles. The molecule has 0 heterocycles. The highest BCUT2D eigenvalue weighted by atomic mass is 35.5. The highest BCUT2D eigenvalue weighted by Gasteiger charge is 2.14. The average Bonchev–Trinajstić information content (AvgIpc) is 2.38. The van der Waals surface area contributed by atoms with E-state index >= 15 is 0 Å². The predicted molar refractivity (Wildman–Crippen MR) is 84.4 cm³/mol. The zero-order valence-electron chi connectivity index (χ0n) is 11.9. The smallest absolute Gasteiger partial charge is 0.335 e. The quantitative estimate of drug-likeness (QED) is 0.668. The number of hydrogen-bond donors (Lipinski definition) is 3. The molecule has 5 nitrogen and oxygen atoms in total. The van der Waals surface area contributed by atoms with Gasteiger partial charge in [-0.05, 0) is 25.1 Å². The van der Waals surface area contributed by atoms with Gasteiger partial charge in [-0.3, -0.25) is 4.79 Å². The van der Waals surface area contributed by atoms with Crippen LogP contribution in [0.1, 0.15) is 37.0 Å². The van der Waals surface area contributed by atoms with Gasteiger partial charge < -0.3 is 15.7 Å². The molecule has 0 unspecified atom stereocenters. The Morgan fingerprint density at radius 2 is 1.81 bits per heavy atom. The maximum absolute atomic E-state index is 11.8. The summed E-state index contributed by atoms with van der Waals surface area (Å²) in [5, 5.41) is 14.9. The number of benzene rings is 1. The Bertz CT molecular complexity index is 510. The van der Waals surface area contributed by atoms with Gasteiger partial charge in [0.2, 0.25) is 5.91 Å². The van der Waals surface area contributed by atoms with E-state index in [2.05, 4.69) is 10.6 Å². The van der Waals surface area contributed by atoms with Gasteiger partial charge in [-0.15, -0.1) is 0 Å². The lowest BCUT2D eigenvalue weighted by atomic mass is 10.2. The Kier molecular flexibility index (Phi) is 6.95. The van der Waals surface area contributed by atoms with E-state index in [9.17, 15) is 9.59 Å². The van der Waals surface area contributed by atoms with Gasteiger partial charge >= 0.3 is 5.97 Å². The standard InChI is InChI=1S/C14H18Cl2N2O3/c1-8(2)17-5-3-4-12(19)18-13-10(15)6-9(14(20)21)7-11(13)16/h6-8,17H,3-5H2,1-2H3,(H,18,19)(H,20,21). The summed E-state index contributed by atoms with van der Waals surface area (Å²) < 4.78 is 0. The minimum Gasteiger partial charge on any atom is -0.478 e.